The van der Waals surface area contributed by atoms with Gasteiger partial charge in [0.25, 0.3) is 0 Å². The van der Waals surface area contributed by atoms with Crippen LogP contribution in [0.15, 0.2) is 134 Å². The topological polar surface area (TPSA) is 149 Å². The minimum absolute atomic E-state index is 0.193. The Bertz CT molecular complexity index is 1800. The van der Waals surface area contributed by atoms with Gasteiger partial charge in [0.15, 0.2) is 6.29 Å². The third-order valence-corrected chi connectivity index (χ3v) is 15.7. The molecule has 0 aromatic rings. The number of carbonyl (C=O) groups is 1. The number of ether oxygens (including phenoxy) is 2. The molecule has 486 valence electrons. The van der Waals surface area contributed by atoms with Crippen LogP contribution in [-0.4, -0.2) is 87.5 Å². The van der Waals surface area contributed by atoms with E-state index >= 15 is 0 Å². The second-order valence-corrected chi connectivity index (χ2v) is 23.6. The molecule has 1 aliphatic rings. The second-order valence-electron chi connectivity index (χ2n) is 23.6. The predicted octanol–water partition coefficient (Wildman–Crippen LogP) is 19.2. The highest BCUT2D eigenvalue weighted by molar-refractivity contribution is 5.76. The lowest BCUT2D eigenvalue weighted by Gasteiger charge is -2.40. The molecule has 0 aromatic heterocycles. The van der Waals surface area contributed by atoms with Crippen molar-refractivity contribution >= 4 is 5.91 Å². The number of carbonyl (C=O) groups excluding carboxylic acids is 1. The summed E-state index contributed by atoms with van der Waals surface area (Å²) in [5, 5.41) is 54.7. The molecule has 85 heavy (non-hydrogen) atoms. The molecular weight excluding hydrogens is 1050 g/mol. The zero-order chi connectivity index (χ0) is 61.4. The summed E-state index contributed by atoms with van der Waals surface area (Å²) in [5.41, 5.74) is 0. The first-order chi connectivity index (χ1) is 41.8. The van der Waals surface area contributed by atoms with E-state index in [1.54, 1.807) is 6.08 Å². The van der Waals surface area contributed by atoms with E-state index in [-0.39, 0.29) is 12.5 Å². The van der Waals surface area contributed by atoms with Gasteiger partial charge in [-0.3, -0.25) is 4.79 Å². The van der Waals surface area contributed by atoms with E-state index in [9.17, 15) is 30.3 Å². The fourth-order valence-corrected chi connectivity index (χ4v) is 10.3. The monoisotopic (exact) mass is 1180 g/mol. The SMILES string of the molecule is CC/C=C\C/C=C\C/C=C\C/C=C\C/C=C\C/C=C\C/C=C\C/C=C\C/C=C\CCCCCCCCCCCCCC(=O)NC(COC1OC(CO)C(O)C(O)C1O)C(O)/C=C/CC/C=C/CCCCCCCCCCCCCCCCCCC. The first-order valence-electron chi connectivity index (χ1n) is 34.9. The van der Waals surface area contributed by atoms with E-state index in [0.717, 1.165) is 109 Å². The maximum atomic E-state index is 13.1. The minimum atomic E-state index is -1.58. The molecule has 1 heterocycles. The third-order valence-electron chi connectivity index (χ3n) is 15.7. The average molecular weight is 1180 g/mol. The summed E-state index contributed by atoms with van der Waals surface area (Å²) < 4.78 is 11.3. The third kappa shape index (κ3) is 52.0. The highest BCUT2D eigenvalue weighted by Crippen LogP contribution is 2.23. The molecule has 0 spiro atoms. The van der Waals surface area contributed by atoms with Crippen LogP contribution in [0.3, 0.4) is 0 Å². The first-order valence-corrected chi connectivity index (χ1v) is 34.9. The molecule has 1 aliphatic heterocycles. The van der Waals surface area contributed by atoms with E-state index in [2.05, 4.69) is 141 Å². The minimum Gasteiger partial charge on any atom is -0.394 e. The molecule has 6 N–H and O–H groups in total. The zero-order valence-electron chi connectivity index (χ0n) is 54.3. The number of nitrogens with one attached hydrogen (secondary N) is 1. The maximum absolute atomic E-state index is 13.1. The van der Waals surface area contributed by atoms with Gasteiger partial charge in [-0.25, -0.2) is 0 Å². The lowest BCUT2D eigenvalue weighted by Crippen LogP contribution is -2.60. The van der Waals surface area contributed by atoms with Crippen LogP contribution >= 0.6 is 0 Å². The predicted molar refractivity (Wildman–Crippen MR) is 363 cm³/mol. The summed E-state index contributed by atoms with van der Waals surface area (Å²) >= 11 is 0. The van der Waals surface area contributed by atoms with Crippen LogP contribution in [0.4, 0.5) is 0 Å². The Morgan fingerprint density at radius 3 is 1.13 bits per heavy atom. The number of hydrogen-bond acceptors (Lipinski definition) is 8. The van der Waals surface area contributed by atoms with Crippen molar-refractivity contribution in [2.45, 2.75) is 326 Å². The van der Waals surface area contributed by atoms with Gasteiger partial charge in [-0.15, -0.1) is 0 Å². The summed E-state index contributed by atoms with van der Waals surface area (Å²) in [4.78, 5) is 13.1. The smallest absolute Gasteiger partial charge is 0.220 e. The number of amides is 1. The standard InChI is InChI=1S/C76H129NO8/c1-3-5-7-9-11-13-15-17-19-21-23-25-27-28-29-30-31-32-33-34-35-36-37-38-39-40-41-42-44-46-48-50-52-54-56-58-60-62-64-66-72(80)77-69(68-84-76-75(83)74(82)73(81)71(67-78)85-76)70(79)65-63-61-59-57-55-53-51-49-47-45-43-26-24-22-20-18-16-14-12-10-8-6-4-2/h5,7,11,13,17,19,23,25,28-29,31-32,34-35,37-38,40-41,55,57,63,65,69-71,73-76,78-79,81-83H,3-4,6,8-10,12,14-16,18,20-22,24,26-27,30,33,36,39,42-54,56,58-62,64,66-68H2,1-2H3,(H,77,80)/b7-5-,13-11-,19-17-,25-23-,29-28-,32-31-,35-34-,38-37-,41-40-,57-55+,65-63+. The van der Waals surface area contributed by atoms with Gasteiger partial charge in [-0.2, -0.15) is 0 Å². The van der Waals surface area contributed by atoms with Crippen LogP contribution in [-0.2, 0) is 14.3 Å². The van der Waals surface area contributed by atoms with Crippen molar-refractivity contribution in [1.29, 1.82) is 0 Å². The summed E-state index contributed by atoms with van der Waals surface area (Å²) in [7, 11) is 0. The van der Waals surface area contributed by atoms with Crippen LogP contribution in [0.1, 0.15) is 284 Å². The quantitative estimate of drug-likeness (QED) is 0.0261. The largest absolute Gasteiger partial charge is 0.394 e. The van der Waals surface area contributed by atoms with Gasteiger partial charge >= 0.3 is 0 Å². The number of aliphatic hydroxyl groups excluding tert-OH is 5. The molecule has 0 radical (unpaired) electrons. The van der Waals surface area contributed by atoms with Crippen molar-refractivity contribution in [3.63, 3.8) is 0 Å². The molecule has 0 aliphatic carbocycles. The highest BCUT2D eigenvalue weighted by Gasteiger charge is 2.44. The molecule has 7 unspecified atom stereocenters. The second kappa shape index (κ2) is 63.4. The van der Waals surface area contributed by atoms with E-state index in [1.807, 2.05) is 6.08 Å². The highest BCUT2D eigenvalue weighted by atomic mass is 16.7. The van der Waals surface area contributed by atoms with Crippen LogP contribution in [0.2, 0.25) is 0 Å². The van der Waals surface area contributed by atoms with Gasteiger partial charge in [0.05, 0.1) is 25.4 Å². The summed E-state index contributed by atoms with van der Waals surface area (Å²) in [6.07, 6.45) is 89.7. The van der Waals surface area contributed by atoms with Gasteiger partial charge in [-0.1, -0.05) is 308 Å². The molecule has 1 rings (SSSR count). The average Bonchev–Trinajstić information content (AvgIpc) is 3.66. The van der Waals surface area contributed by atoms with Crippen LogP contribution in [0.25, 0.3) is 0 Å². The normalized spacial score (nSPS) is 19.0. The van der Waals surface area contributed by atoms with Gasteiger partial charge in [-0.05, 0) is 103 Å². The Labute approximate surface area is 521 Å². The zero-order valence-corrected chi connectivity index (χ0v) is 54.3. The molecule has 9 nitrogen and oxygen atoms in total. The Hall–Kier alpha value is -3.67. The van der Waals surface area contributed by atoms with E-state index in [0.29, 0.717) is 6.42 Å². The van der Waals surface area contributed by atoms with Crippen LogP contribution < -0.4 is 5.32 Å². The Morgan fingerprint density at radius 1 is 0.412 bits per heavy atom. The van der Waals surface area contributed by atoms with Gasteiger partial charge in [0.1, 0.15) is 24.4 Å². The molecule has 0 bridgehead atoms. The van der Waals surface area contributed by atoms with Crippen LogP contribution in [0, 0.1) is 0 Å². The number of unbranched alkanes of at least 4 members (excludes halogenated alkanes) is 29. The molecule has 9 heteroatoms. The number of allylic oxidation sites excluding steroid dienone is 21. The lowest BCUT2D eigenvalue weighted by atomic mass is 9.99. The number of hydrogen-bond donors (Lipinski definition) is 6. The van der Waals surface area contributed by atoms with Gasteiger partial charge in [0, 0.05) is 6.42 Å². The van der Waals surface area contributed by atoms with Crippen molar-refractivity contribution in [3.05, 3.63) is 134 Å². The van der Waals surface area contributed by atoms with Crippen molar-refractivity contribution in [2.24, 2.45) is 0 Å². The first kappa shape index (κ1) is 79.3. The van der Waals surface area contributed by atoms with Crippen molar-refractivity contribution < 1.29 is 39.8 Å². The van der Waals surface area contributed by atoms with Crippen LogP contribution in [0.5, 0.6) is 0 Å². The van der Waals surface area contributed by atoms with E-state index < -0.39 is 49.5 Å². The lowest BCUT2D eigenvalue weighted by molar-refractivity contribution is -0.302. The fraction of sp³-hybridized carbons (Fsp3) is 0.697. The molecule has 7 atom stereocenters. The molecular formula is C76H129NO8. The maximum Gasteiger partial charge on any atom is 0.220 e. The summed E-state index contributed by atoms with van der Waals surface area (Å²) in [5.74, 6) is -0.193. The van der Waals surface area contributed by atoms with Crippen molar-refractivity contribution in [3.8, 4) is 0 Å². The molecule has 1 amide bonds. The van der Waals surface area contributed by atoms with E-state index in [1.165, 1.54) is 154 Å². The number of aliphatic hydroxyl groups is 5. The Morgan fingerprint density at radius 2 is 0.741 bits per heavy atom. The Balaban J connectivity index is 2.16. The molecule has 1 saturated heterocycles. The van der Waals surface area contributed by atoms with Gasteiger partial charge < -0.3 is 40.3 Å². The molecule has 1 fully saturated rings. The van der Waals surface area contributed by atoms with Crippen molar-refractivity contribution in [1.82, 2.24) is 5.32 Å². The number of rotatable bonds is 59. The van der Waals surface area contributed by atoms with Gasteiger partial charge in [0.2, 0.25) is 5.91 Å². The summed E-state index contributed by atoms with van der Waals surface area (Å²) in [6, 6.07) is -0.833. The Kier molecular flexibility index (Phi) is 59.1. The molecule has 0 saturated carbocycles. The van der Waals surface area contributed by atoms with Crippen molar-refractivity contribution in [2.75, 3.05) is 13.2 Å². The van der Waals surface area contributed by atoms with E-state index in [4.69, 9.17) is 9.47 Å². The molecule has 0 aromatic carbocycles. The fourth-order valence-electron chi connectivity index (χ4n) is 10.3. The summed E-state index contributed by atoms with van der Waals surface area (Å²) in [6.45, 7) is 3.66.